The highest BCUT2D eigenvalue weighted by Crippen LogP contribution is 2.31. The molecule has 0 fully saturated rings. The third kappa shape index (κ3) is 2.33. The summed E-state index contributed by atoms with van der Waals surface area (Å²) in [6, 6.07) is 0. The van der Waals surface area contributed by atoms with E-state index >= 15 is 0 Å². The first-order valence-corrected chi connectivity index (χ1v) is 5.70. The Balaban J connectivity index is 3.34. The highest BCUT2D eigenvalue weighted by atomic mass is 35.5. The Morgan fingerprint density at radius 3 is 2.07 bits per heavy atom. The molecule has 0 saturated heterocycles. The zero-order chi connectivity index (χ0) is 11.9. The van der Waals surface area contributed by atoms with Crippen LogP contribution in [0.4, 0.5) is 0 Å². The summed E-state index contributed by atoms with van der Waals surface area (Å²) >= 11 is 6.10. The van der Waals surface area contributed by atoms with Gasteiger partial charge in [-0.15, -0.1) is 10.2 Å². The Hall–Kier alpha value is -0.570. The van der Waals surface area contributed by atoms with Crippen molar-refractivity contribution in [2.75, 3.05) is 0 Å². The number of halogens is 1. The first-order valence-electron chi connectivity index (χ1n) is 5.32. The van der Waals surface area contributed by atoms with Crippen molar-refractivity contribution in [3.63, 3.8) is 0 Å². The lowest BCUT2D eigenvalue weighted by Gasteiger charge is -2.30. The normalized spacial score (nSPS) is 13.3. The monoisotopic (exact) mass is 229 g/mol. The van der Waals surface area contributed by atoms with Crippen LogP contribution in [0.2, 0.25) is 5.28 Å². The predicted octanol–water partition coefficient (Wildman–Crippen LogP) is 3.37. The van der Waals surface area contributed by atoms with Crippen LogP contribution in [0.1, 0.15) is 53.8 Å². The van der Waals surface area contributed by atoms with Crippen molar-refractivity contribution < 1.29 is 0 Å². The van der Waals surface area contributed by atoms with Crippen LogP contribution in [0.25, 0.3) is 0 Å². The van der Waals surface area contributed by atoms with Crippen LogP contribution in [0.5, 0.6) is 0 Å². The van der Waals surface area contributed by atoms with E-state index in [4.69, 9.17) is 11.6 Å². The van der Waals surface area contributed by atoms with Gasteiger partial charge in [0.25, 0.3) is 0 Å². The molecule has 0 unspecified atom stereocenters. The van der Waals surface area contributed by atoms with Crippen LogP contribution in [-0.4, -0.2) is 14.8 Å². The number of rotatable bonds is 2. The Morgan fingerprint density at radius 1 is 1.13 bits per heavy atom. The molecule has 86 valence electrons. The molecule has 1 rings (SSSR count). The molecular formula is C11H20ClN3. The Bertz CT molecular complexity index is 347. The lowest BCUT2D eigenvalue weighted by Crippen LogP contribution is -2.31. The molecule has 0 amide bonds. The molecule has 1 aromatic rings. The molecule has 0 aromatic carbocycles. The Labute approximate surface area is 96.8 Å². The van der Waals surface area contributed by atoms with E-state index in [1.54, 1.807) is 0 Å². The molecule has 0 aliphatic rings. The van der Waals surface area contributed by atoms with E-state index in [1.165, 1.54) is 0 Å². The maximum absolute atomic E-state index is 6.10. The van der Waals surface area contributed by atoms with Gasteiger partial charge in [0.1, 0.15) is 5.82 Å². The van der Waals surface area contributed by atoms with E-state index in [1.807, 2.05) is 4.57 Å². The molecule has 0 bridgehead atoms. The lowest BCUT2D eigenvalue weighted by molar-refractivity contribution is 0.312. The largest absolute Gasteiger partial charge is 0.296 e. The molecule has 0 radical (unpaired) electrons. The average Bonchev–Trinajstić information content (AvgIpc) is 2.47. The fourth-order valence-corrected chi connectivity index (χ4v) is 1.79. The summed E-state index contributed by atoms with van der Waals surface area (Å²) in [4.78, 5) is 0. The van der Waals surface area contributed by atoms with Crippen molar-refractivity contribution in [1.82, 2.24) is 14.8 Å². The highest BCUT2D eigenvalue weighted by molar-refractivity contribution is 6.28. The molecule has 0 N–H and O–H groups in total. The second-order valence-corrected chi connectivity index (χ2v) is 5.88. The maximum atomic E-state index is 6.10. The second-order valence-electron chi connectivity index (χ2n) is 5.54. The van der Waals surface area contributed by atoms with Crippen molar-refractivity contribution in [2.45, 2.75) is 58.9 Å². The summed E-state index contributed by atoms with van der Waals surface area (Å²) in [5.41, 5.74) is -0.0736. The van der Waals surface area contributed by atoms with Crippen LogP contribution < -0.4 is 0 Å². The predicted molar refractivity (Wildman–Crippen MR) is 63.3 cm³/mol. The van der Waals surface area contributed by atoms with Gasteiger partial charge in [-0.3, -0.25) is 4.57 Å². The first-order chi connectivity index (χ1) is 6.70. The maximum Gasteiger partial charge on any atom is 0.225 e. The van der Waals surface area contributed by atoms with Gasteiger partial charge < -0.3 is 0 Å². The molecular weight excluding hydrogens is 210 g/mol. The van der Waals surface area contributed by atoms with E-state index in [0.717, 1.165) is 12.2 Å². The minimum absolute atomic E-state index is 0.0351. The minimum atomic E-state index is -0.0385. The van der Waals surface area contributed by atoms with Crippen molar-refractivity contribution in [3.05, 3.63) is 11.1 Å². The Kier molecular flexibility index (Phi) is 3.15. The Morgan fingerprint density at radius 2 is 1.67 bits per heavy atom. The molecule has 4 heteroatoms. The summed E-state index contributed by atoms with van der Waals surface area (Å²) in [5, 5.41) is 8.64. The summed E-state index contributed by atoms with van der Waals surface area (Å²) in [6.45, 7) is 12.8. The van der Waals surface area contributed by atoms with Crippen LogP contribution in [0.3, 0.4) is 0 Å². The van der Waals surface area contributed by atoms with Crippen LogP contribution in [-0.2, 0) is 11.0 Å². The SMILES string of the molecule is CCC(C)(C)n1c(Cl)nnc1C(C)(C)C. The van der Waals surface area contributed by atoms with Gasteiger partial charge >= 0.3 is 0 Å². The van der Waals surface area contributed by atoms with Gasteiger partial charge in [0.15, 0.2) is 0 Å². The van der Waals surface area contributed by atoms with Gasteiger partial charge in [-0.05, 0) is 31.9 Å². The summed E-state index contributed by atoms with van der Waals surface area (Å²) in [5.74, 6) is 0.944. The molecule has 15 heavy (non-hydrogen) atoms. The van der Waals surface area contributed by atoms with Gasteiger partial charge in [0.05, 0.1) is 0 Å². The standard InChI is InChI=1S/C11H20ClN3/c1-7-11(5,6)15-8(10(2,3)4)13-14-9(15)12/h7H2,1-6H3. The third-order valence-electron chi connectivity index (χ3n) is 2.76. The summed E-state index contributed by atoms with van der Waals surface area (Å²) in [7, 11) is 0. The van der Waals surface area contributed by atoms with Crippen molar-refractivity contribution in [2.24, 2.45) is 0 Å². The highest BCUT2D eigenvalue weighted by Gasteiger charge is 2.30. The molecule has 0 spiro atoms. The van der Waals surface area contributed by atoms with Gasteiger partial charge in [-0.2, -0.15) is 0 Å². The van der Waals surface area contributed by atoms with Gasteiger partial charge in [0.2, 0.25) is 5.28 Å². The number of hydrogen-bond acceptors (Lipinski definition) is 2. The fourth-order valence-electron chi connectivity index (χ4n) is 1.45. The van der Waals surface area contributed by atoms with Gasteiger partial charge in [-0.1, -0.05) is 27.7 Å². The summed E-state index contributed by atoms with van der Waals surface area (Å²) in [6.07, 6.45) is 0.994. The average molecular weight is 230 g/mol. The molecule has 1 heterocycles. The van der Waals surface area contributed by atoms with Crippen molar-refractivity contribution in [3.8, 4) is 0 Å². The quantitative estimate of drug-likeness (QED) is 0.779. The number of aromatic nitrogens is 3. The van der Waals surface area contributed by atoms with Crippen molar-refractivity contribution >= 4 is 11.6 Å². The van der Waals surface area contributed by atoms with E-state index in [9.17, 15) is 0 Å². The summed E-state index contributed by atoms with van der Waals surface area (Å²) < 4.78 is 2.04. The van der Waals surface area contributed by atoms with Crippen LogP contribution >= 0.6 is 11.6 Å². The third-order valence-corrected chi connectivity index (χ3v) is 3.01. The zero-order valence-corrected chi connectivity index (χ0v) is 11.2. The van der Waals surface area contributed by atoms with E-state index in [2.05, 4.69) is 51.7 Å². The van der Waals surface area contributed by atoms with Gasteiger partial charge in [-0.25, -0.2) is 0 Å². The number of hydrogen-bond donors (Lipinski definition) is 0. The van der Waals surface area contributed by atoms with Gasteiger partial charge in [0, 0.05) is 11.0 Å². The molecule has 0 atom stereocenters. The fraction of sp³-hybridized carbons (Fsp3) is 0.818. The van der Waals surface area contributed by atoms with Crippen LogP contribution in [0.15, 0.2) is 0 Å². The zero-order valence-electron chi connectivity index (χ0n) is 10.4. The molecule has 0 aliphatic carbocycles. The van der Waals surface area contributed by atoms with E-state index < -0.39 is 0 Å². The van der Waals surface area contributed by atoms with Crippen molar-refractivity contribution in [1.29, 1.82) is 0 Å². The molecule has 1 aromatic heterocycles. The first kappa shape index (κ1) is 12.5. The topological polar surface area (TPSA) is 30.7 Å². The second kappa shape index (κ2) is 3.78. The molecule has 0 aliphatic heterocycles. The van der Waals surface area contributed by atoms with E-state index in [-0.39, 0.29) is 11.0 Å². The lowest BCUT2D eigenvalue weighted by atomic mass is 9.93. The number of nitrogens with zero attached hydrogens (tertiary/aromatic N) is 3. The minimum Gasteiger partial charge on any atom is -0.296 e. The van der Waals surface area contributed by atoms with Crippen LogP contribution in [0, 0.1) is 0 Å². The molecule has 0 saturated carbocycles. The van der Waals surface area contributed by atoms with E-state index in [0.29, 0.717) is 5.28 Å². The smallest absolute Gasteiger partial charge is 0.225 e. The molecule has 3 nitrogen and oxygen atoms in total.